The van der Waals surface area contributed by atoms with Gasteiger partial charge in [-0.1, -0.05) is 60.2 Å². The van der Waals surface area contributed by atoms with E-state index in [1.165, 1.54) is 16.7 Å². The summed E-state index contributed by atoms with van der Waals surface area (Å²) in [5.41, 5.74) is 3.77. The number of benzene rings is 3. The maximum absolute atomic E-state index is 10.8. The molecule has 24 heavy (non-hydrogen) atoms. The number of aryl methyl sites for hydroxylation is 1. The lowest BCUT2D eigenvalue weighted by Crippen LogP contribution is -1.97. The SMILES string of the molecule is Cc1ccc(C(Sc2ccc([N+](=O)[O-])cc2)c2ccccc2)cc1. The topological polar surface area (TPSA) is 43.1 Å². The minimum atomic E-state index is -0.372. The van der Waals surface area contributed by atoms with E-state index in [4.69, 9.17) is 0 Å². The quantitative estimate of drug-likeness (QED) is 0.337. The van der Waals surface area contributed by atoms with Crippen molar-refractivity contribution < 1.29 is 4.92 Å². The van der Waals surface area contributed by atoms with Crippen molar-refractivity contribution in [2.45, 2.75) is 17.1 Å². The van der Waals surface area contributed by atoms with Crippen LogP contribution in [-0.2, 0) is 0 Å². The van der Waals surface area contributed by atoms with Crippen LogP contribution in [-0.4, -0.2) is 4.92 Å². The van der Waals surface area contributed by atoms with Crippen molar-refractivity contribution in [3.8, 4) is 0 Å². The molecule has 0 heterocycles. The van der Waals surface area contributed by atoms with Crippen LogP contribution in [0.15, 0.2) is 83.8 Å². The zero-order valence-corrected chi connectivity index (χ0v) is 14.1. The smallest absolute Gasteiger partial charge is 0.258 e. The van der Waals surface area contributed by atoms with Crippen molar-refractivity contribution in [3.05, 3.63) is 106 Å². The molecule has 0 N–H and O–H groups in total. The summed E-state index contributed by atoms with van der Waals surface area (Å²) in [6.07, 6.45) is 0. The van der Waals surface area contributed by atoms with Crippen LogP contribution in [0, 0.1) is 17.0 Å². The Morgan fingerprint density at radius 1 is 0.833 bits per heavy atom. The number of nitrogens with zero attached hydrogens (tertiary/aromatic N) is 1. The maximum atomic E-state index is 10.8. The molecule has 0 saturated heterocycles. The van der Waals surface area contributed by atoms with Crippen LogP contribution < -0.4 is 0 Å². The third kappa shape index (κ3) is 3.84. The Hall–Kier alpha value is -2.59. The third-order valence-corrected chi connectivity index (χ3v) is 5.11. The maximum Gasteiger partial charge on any atom is 0.269 e. The van der Waals surface area contributed by atoms with Gasteiger partial charge in [-0.25, -0.2) is 0 Å². The molecule has 0 aliphatic carbocycles. The second kappa shape index (κ2) is 7.32. The van der Waals surface area contributed by atoms with Crippen molar-refractivity contribution in [1.82, 2.24) is 0 Å². The first-order valence-corrected chi connectivity index (χ1v) is 8.54. The molecule has 0 aliphatic rings. The van der Waals surface area contributed by atoms with Crippen molar-refractivity contribution in [2.24, 2.45) is 0 Å². The van der Waals surface area contributed by atoms with Gasteiger partial charge in [-0.05, 0) is 30.2 Å². The fourth-order valence-electron chi connectivity index (χ4n) is 2.48. The monoisotopic (exact) mass is 335 g/mol. The number of rotatable bonds is 5. The van der Waals surface area contributed by atoms with Gasteiger partial charge in [0.2, 0.25) is 0 Å². The molecule has 0 bridgehead atoms. The van der Waals surface area contributed by atoms with Gasteiger partial charge in [-0.3, -0.25) is 10.1 Å². The molecule has 0 spiro atoms. The normalized spacial score (nSPS) is 11.9. The van der Waals surface area contributed by atoms with E-state index in [2.05, 4.69) is 43.3 Å². The first kappa shape index (κ1) is 16.3. The number of nitro benzene ring substituents is 1. The van der Waals surface area contributed by atoms with Gasteiger partial charge in [0.05, 0.1) is 10.2 Å². The van der Waals surface area contributed by atoms with E-state index in [0.29, 0.717) is 0 Å². The molecule has 4 heteroatoms. The van der Waals surface area contributed by atoms with Gasteiger partial charge in [-0.15, -0.1) is 11.8 Å². The van der Waals surface area contributed by atoms with Crippen LogP contribution in [0.4, 0.5) is 5.69 Å². The molecule has 120 valence electrons. The lowest BCUT2D eigenvalue weighted by molar-refractivity contribution is -0.384. The molecule has 0 aromatic heterocycles. The zero-order valence-electron chi connectivity index (χ0n) is 13.3. The second-order valence-corrected chi connectivity index (χ2v) is 6.75. The van der Waals surface area contributed by atoms with E-state index >= 15 is 0 Å². The molecule has 0 fully saturated rings. The van der Waals surface area contributed by atoms with Crippen LogP contribution >= 0.6 is 11.8 Å². The van der Waals surface area contributed by atoms with E-state index in [0.717, 1.165) is 4.90 Å². The van der Waals surface area contributed by atoms with Crippen molar-refractivity contribution in [3.63, 3.8) is 0 Å². The molecule has 3 aromatic rings. The standard InChI is InChI=1S/C20H17NO2S/c1-15-7-9-17(10-8-15)20(16-5-3-2-4-6-16)24-19-13-11-18(12-14-19)21(22)23/h2-14,20H,1H3. The highest BCUT2D eigenvalue weighted by molar-refractivity contribution is 7.99. The first-order chi connectivity index (χ1) is 11.6. The lowest BCUT2D eigenvalue weighted by atomic mass is 10.0. The Kier molecular flexibility index (Phi) is 4.96. The van der Waals surface area contributed by atoms with E-state index < -0.39 is 0 Å². The van der Waals surface area contributed by atoms with Crippen LogP contribution in [0.3, 0.4) is 0 Å². The average Bonchev–Trinajstić information content (AvgIpc) is 2.62. The average molecular weight is 335 g/mol. The third-order valence-electron chi connectivity index (χ3n) is 3.78. The van der Waals surface area contributed by atoms with E-state index in [1.807, 2.05) is 30.3 Å². The summed E-state index contributed by atoms with van der Waals surface area (Å²) in [5, 5.41) is 11.0. The molecular weight excluding hydrogens is 318 g/mol. The van der Waals surface area contributed by atoms with Gasteiger partial charge < -0.3 is 0 Å². The minimum Gasteiger partial charge on any atom is -0.258 e. The summed E-state index contributed by atoms with van der Waals surface area (Å²) in [6, 6.07) is 25.6. The van der Waals surface area contributed by atoms with Crippen LogP contribution in [0.5, 0.6) is 0 Å². The minimum absolute atomic E-state index is 0.117. The second-order valence-electron chi connectivity index (χ2n) is 5.57. The van der Waals surface area contributed by atoms with Crippen LogP contribution in [0.2, 0.25) is 0 Å². The summed E-state index contributed by atoms with van der Waals surface area (Å²) in [7, 11) is 0. The number of non-ortho nitro benzene ring substituents is 1. The fraction of sp³-hybridized carbons (Fsp3) is 0.100. The van der Waals surface area contributed by atoms with Crippen molar-refractivity contribution >= 4 is 17.4 Å². The van der Waals surface area contributed by atoms with Crippen LogP contribution in [0.1, 0.15) is 21.9 Å². The van der Waals surface area contributed by atoms with Gasteiger partial charge >= 0.3 is 0 Å². The highest BCUT2D eigenvalue weighted by atomic mass is 32.2. The Morgan fingerprint density at radius 2 is 1.42 bits per heavy atom. The Labute approximate surface area is 145 Å². The molecule has 0 aliphatic heterocycles. The molecule has 3 rings (SSSR count). The lowest BCUT2D eigenvalue weighted by Gasteiger charge is -2.18. The van der Waals surface area contributed by atoms with E-state index in [9.17, 15) is 10.1 Å². The van der Waals surface area contributed by atoms with Gasteiger partial charge in [0.1, 0.15) is 0 Å². The molecule has 1 unspecified atom stereocenters. The van der Waals surface area contributed by atoms with E-state index in [1.54, 1.807) is 23.9 Å². The molecule has 3 nitrogen and oxygen atoms in total. The number of hydrogen-bond donors (Lipinski definition) is 0. The van der Waals surface area contributed by atoms with Gasteiger partial charge in [-0.2, -0.15) is 0 Å². The molecule has 0 saturated carbocycles. The number of thioether (sulfide) groups is 1. The Balaban J connectivity index is 1.93. The summed E-state index contributed by atoms with van der Waals surface area (Å²) < 4.78 is 0. The molecular formula is C20H17NO2S. The van der Waals surface area contributed by atoms with Gasteiger partial charge in [0.15, 0.2) is 0 Å². The van der Waals surface area contributed by atoms with E-state index in [-0.39, 0.29) is 15.9 Å². The predicted molar refractivity (Wildman–Crippen MR) is 98.4 cm³/mol. The summed E-state index contributed by atoms with van der Waals surface area (Å²) in [5.74, 6) is 0. The van der Waals surface area contributed by atoms with Crippen LogP contribution in [0.25, 0.3) is 0 Å². The summed E-state index contributed by atoms with van der Waals surface area (Å²) in [4.78, 5) is 11.4. The number of nitro groups is 1. The molecule has 0 radical (unpaired) electrons. The predicted octanol–water partition coefficient (Wildman–Crippen LogP) is 5.78. The Bertz CT molecular complexity index is 815. The molecule has 3 aromatic carbocycles. The van der Waals surface area contributed by atoms with Crippen molar-refractivity contribution in [2.75, 3.05) is 0 Å². The Morgan fingerprint density at radius 3 is 2.00 bits per heavy atom. The number of hydrogen-bond acceptors (Lipinski definition) is 3. The fourth-order valence-corrected chi connectivity index (χ4v) is 3.63. The highest BCUT2D eigenvalue weighted by Crippen LogP contribution is 2.40. The first-order valence-electron chi connectivity index (χ1n) is 7.66. The summed E-state index contributed by atoms with van der Waals surface area (Å²) in [6.45, 7) is 2.07. The highest BCUT2D eigenvalue weighted by Gasteiger charge is 2.16. The summed E-state index contributed by atoms with van der Waals surface area (Å²) >= 11 is 1.70. The molecule has 0 amide bonds. The van der Waals surface area contributed by atoms with Gasteiger partial charge in [0, 0.05) is 17.0 Å². The zero-order chi connectivity index (χ0) is 16.9. The van der Waals surface area contributed by atoms with Crippen molar-refractivity contribution in [1.29, 1.82) is 0 Å². The largest absolute Gasteiger partial charge is 0.269 e. The van der Waals surface area contributed by atoms with Gasteiger partial charge in [0.25, 0.3) is 5.69 Å². The molecule has 1 atom stereocenters.